The summed E-state index contributed by atoms with van der Waals surface area (Å²) in [5.41, 5.74) is 8.59. The number of hydrogen-bond acceptors (Lipinski definition) is 2. The summed E-state index contributed by atoms with van der Waals surface area (Å²) in [6, 6.07) is 7.85. The number of rotatable bonds is 2. The largest absolute Gasteiger partial charge is 0.352 e. The maximum Gasteiger partial charge on any atom is 0.251 e. The molecule has 2 aromatic carbocycles. The van der Waals surface area contributed by atoms with Gasteiger partial charge in [0.05, 0.1) is 6.04 Å². The van der Waals surface area contributed by atoms with E-state index < -0.39 is 17.7 Å². The Labute approximate surface area is 120 Å². The highest BCUT2D eigenvalue weighted by atomic mass is 19.1. The number of fused-ring (bicyclic) bond motifs is 1. The lowest BCUT2D eigenvalue weighted by Gasteiger charge is -2.19. The maximum absolute atomic E-state index is 13.3. The van der Waals surface area contributed by atoms with Crippen molar-refractivity contribution in [2.75, 3.05) is 6.54 Å². The predicted molar refractivity (Wildman–Crippen MR) is 74.9 cm³/mol. The third-order valence-electron chi connectivity index (χ3n) is 3.66. The first-order valence-corrected chi connectivity index (χ1v) is 6.67. The molecule has 1 heterocycles. The van der Waals surface area contributed by atoms with Gasteiger partial charge in [-0.05, 0) is 41.3 Å². The van der Waals surface area contributed by atoms with Crippen LogP contribution in [0.15, 0.2) is 36.4 Å². The van der Waals surface area contributed by atoms with Crippen LogP contribution in [0.25, 0.3) is 0 Å². The Morgan fingerprint density at radius 1 is 1.05 bits per heavy atom. The first-order chi connectivity index (χ1) is 10.0. The molecule has 3 rings (SSSR count). The van der Waals surface area contributed by atoms with Crippen molar-refractivity contribution < 1.29 is 13.6 Å². The van der Waals surface area contributed by atoms with Gasteiger partial charge < -0.3 is 11.1 Å². The molecule has 0 fully saturated rings. The fraction of sp³-hybridized carbons (Fsp3) is 0.188. The van der Waals surface area contributed by atoms with E-state index >= 15 is 0 Å². The molecule has 1 atom stereocenters. The Morgan fingerprint density at radius 3 is 2.48 bits per heavy atom. The van der Waals surface area contributed by atoms with Crippen LogP contribution in [0.3, 0.4) is 0 Å². The number of hydrogen-bond donors (Lipinski definition) is 2. The second-order valence-electron chi connectivity index (χ2n) is 5.10. The molecule has 3 nitrogen and oxygen atoms in total. The normalized spacial score (nSPS) is 15.3. The summed E-state index contributed by atoms with van der Waals surface area (Å²) in [6.45, 7) is 0.617. The van der Waals surface area contributed by atoms with E-state index in [0.29, 0.717) is 23.2 Å². The van der Waals surface area contributed by atoms with Gasteiger partial charge in [0.1, 0.15) is 11.6 Å². The Balaban J connectivity index is 2.00. The zero-order chi connectivity index (χ0) is 15.0. The van der Waals surface area contributed by atoms with Gasteiger partial charge in [-0.2, -0.15) is 0 Å². The average Bonchev–Trinajstić information content (AvgIpc) is 2.45. The minimum Gasteiger partial charge on any atom is -0.352 e. The van der Waals surface area contributed by atoms with Crippen molar-refractivity contribution in [1.82, 2.24) is 5.32 Å². The number of nitrogens with one attached hydrogen (secondary N) is 1. The van der Waals surface area contributed by atoms with Crippen molar-refractivity contribution in [3.05, 3.63) is 70.3 Å². The number of nitrogens with two attached hydrogens (primary N) is 1. The van der Waals surface area contributed by atoms with Gasteiger partial charge in [-0.1, -0.05) is 12.1 Å². The highest BCUT2D eigenvalue weighted by Crippen LogP contribution is 2.25. The van der Waals surface area contributed by atoms with Crippen LogP contribution in [0.4, 0.5) is 8.78 Å². The molecule has 21 heavy (non-hydrogen) atoms. The zero-order valence-electron chi connectivity index (χ0n) is 11.2. The molecular weight excluding hydrogens is 274 g/mol. The van der Waals surface area contributed by atoms with Crippen LogP contribution in [0.1, 0.15) is 33.1 Å². The van der Waals surface area contributed by atoms with E-state index in [0.717, 1.165) is 18.1 Å². The van der Waals surface area contributed by atoms with Crippen LogP contribution in [0.5, 0.6) is 0 Å². The quantitative estimate of drug-likeness (QED) is 0.891. The van der Waals surface area contributed by atoms with Gasteiger partial charge >= 0.3 is 0 Å². The van der Waals surface area contributed by atoms with E-state index in [-0.39, 0.29) is 5.91 Å². The molecule has 108 valence electrons. The average molecular weight is 288 g/mol. The fourth-order valence-corrected chi connectivity index (χ4v) is 2.57. The highest BCUT2D eigenvalue weighted by Gasteiger charge is 2.19. The van der Waals surface area contributed by atoms with E-state index in [1.54, 1.807) is 12.1 Å². The van der Waals surface area contributed by atoms with Gasteiger partial charge in [0, 0.05) is 18.2 Å². The molecule has 1 amide bonds. The Bertz CT molecular complexity index is 695. The van der Waals surface area contributed by atoms with Crippen LogP contribution in [0.2, 0.25) is 0 Å². The van der Waals surface area contributed by atoms with Crippen LogP contribution >= 0.6 is 0 Å². The number of amides is 1. The molecule has 0 saturated heterocycles. The van der Waals surface area contributed by atoms with Gasteiger partial charge in [-0.15, -0.1) is 0 Å². The van der Waals surface area contributed by atoms with Crippen LogP contribution in [0, 0.1) is 11.6 Å². The molecule has 0 aliphatic carbocycles. The van der Waals surface area contributed by atoms with Crippen molar-refractivity contribution in [3.8, 4) is 0 Å². The lowest BCUT2D eigenvalue weighted by Crippen LogP contribution is -2.32. The standard InChI is InChI=1S/C16H14F2N2O/c17-12-5-11(6-13(18)8-12)15(19)10-2-1-9-3-4-20-16(21)14(9)7-10/h1-2,5-8,15H,3-4,19H2,(H,20,21). The van der Waals surface area contributed by atoms with Crippen molar-refractivity contribution in [2.24, 2.45) is 5.73 Å². The first-order valence-electron chi connectivity index (χ1n) is 6.67. The van der Waals surface area contributed by atoms with Crippen molar-refractivity contribution in [1.29, 1.82) is 0 Å². The predicted octanol–water partition coefficient (Wildman–Crippen LogP) is 2.30. The third kappa shape index (κ3) is 2.64. The molecule has 0 spiro atoms. The number of carbonyl (C=O) groups excluding carboxylic acids is 1. The molecule has 3 N–H and O–H groups in total. The Kier molecular flexibility index (Phi) is 3.43. The molecule has 1 aliphatic heterocycles. The van der Waals surface area contributed by atoms with Gasteiger partial charge in [-0.25, -0.2) is 8.78 Å². The monoisotopic (exact) mass is 288 g/mol. The van der Waals surface area contributed by atoms with Gasteiger partial charge in [-0.3, -0.25) is 4.79 Å². The molecule has 5 heteroatoms. The minimum atomic E-state index is -0.685. The summed E-state index contributed by atoms with van der Waals surface area (Å²) in [5.74, 6) is -1.48. The first kappa shape index (κ1) is 13.7. The summed E-state index contributed by atoms with van der Waals surface area (Å²) < 4.78 is 26.6. The number of carbonyl (C=O) groups is 1. The van der Waals surface area contributed by atoms with Crippen LogP contribution in [-0.2, 0) is 6.42 Å². The SMILES string of the molecule is NC(c1cc(F)cc(F)c1)c1ccc2c(c1)C(=O)NCC2. The molecule has 1 unspecified atom stereocenters. The second kappa shape index (κ2) is 5.26. The van der Waals surface area contributed by atoms with Crippen molar-refractivity contribution in [2.45, 2.75) is 12.5 Å². The summed E-state index contributed by atoms with van der Waals surface area (Å²) in [6.07, 6.45) is 0.769. The Hall–Kier alpha value is -2.27. The number of benzene rings is 2. The summed E-state index contributed by atoms with van der Waals surface area (Å²) >= 11 is 0. The Morgan fingerprint density at radius 2 is 1.76 bits per heavy atom. The van der Waals surface area contributed by atoms with E-state index in [9.17, 15) is 13.6 Å². The van der Waals surface area contributed by atoms with Crippen molar-refractivity contribution >= 4 is 5.91 Å². The molecule has 0 saturated carbocycles. The minimum absolute atomic E-state index is 0.143. The highest BCUT2D eigenvalue weighted by molar-refractivity contribution is 5.96. The van der Waals surface area contributed by atoms with Gasteiger partial charge in [0.15, 0.2) is 0 Å². The zero-order valence-corrected chi connectivity index (χ0v) is 11.2. The second-order valence-corrected chi connectivity index (χ2v) is 5.10. The fourth-order valence-electron chi connectivity index (χ4n) is 2.57. The molecule has 0 radical (unpaired) electrons. The van der Waals surface area contributed by atoms with E-state index in [1.807, 2.05) is 6.07 Å². The third-order valence-corrected chi connectivity index (χ3v) is 3.66. The lowest BCUT2D eigenvalue weighted by atomic mass is 9.93. The van der Waals surface area contributed by atoms with E-state index in [2.05, 4.69) is 5.32 Å². The molecule has 2 aromatic rings. The van der Waals surface area contributed by atoms with Gasteiger partial charge in [0.2, 0.25) is 0 Å². The smallest absolute Gasteiger partial charge is 0.251 e. The van der Waals surface area contributed by atoms with Gasteiger partial charge in [0.25, 0.3) is 5.91 Å². The molecular formula is C16H14F2N2O. The topological polar surface area (TPSA) is 55.1 Å². The summed E-state index contributed by atoms with van der Waals surface area (Å²) in [5, 5.41) is 2.76. The summed E-state index contributed by atoms with van der Waals surface area (Å²) in [7, 11) is 0. The van der Waals surface area contributed by atoms with Crippen LogP contribution < -0.4 is 11.1 Å². The maximum atomic E-state index is 13.3. The molecule has 0 bridgehead atoms. The lowest BCUT2D eigenvalue weighted by molar-refractivity contribution is 0.0946. The molecule has 1 aliphatic rings. The van der Waals surface area contributed by atoms with E-state index in [4.69, 9.17) is 5.73 Å². The van der Waals surface area contributed by atoms with E-state index in [1.165, 1.54) is 12.1 Å². The van der Waals surface area contributed by atoms with Crippen LogP contribution in [-0.4, -0.2) is 12.5 Å². The number of halogens is 2. The molecule has 0 aromatic heterocycles. The summed E-state index contributed by atoms with van der Waals surface area (Å²) in [4.78, 5) is 11.8. The van der Waals surface area contributed by atoms with Crippen molar-refractivity contribution in [3.63, 3.8) is 0 Å².